The van der Waals surface area contributed by atoms with E-state index >= 15 is 0 Å². The second kappa shape index (κ2) is 8.63. The summed E-state index contributed by atoms with van der Waals surface area (Å²) in [5.74, 6) is 0.529. The minimum Gasteiger partial charge on any atom is -0.395 e. The summed E-state index contributed by atoms with van der Waals surface area (Å²) in [5, 5.41) is 19.3. The second-order valence-electron chi connectivity index (χ2n) is 6.53. The summed E-state index contributed by atoms with van der Waals surface area (Å²) in [6.07, 6.45) is 0.401. The van der Waals surface area contributed by atoms with Gasteiger partial charge in [0, 0.05) is 39.3 Å². The lowest BCUT2D eigenvalue weighted by Gasteiger charge is -2.34. The van der Waals surface area contributed by atoms with E-state index in [0.29, 0.717) is 5.92 Å². The Morgan fingerprint density at radius 1 is 0.909 bits per heavy atom. The quantitative estimate of drug-likeness (QED) is 0.807. The lowest BCUT2D eigenvalue weighted by molar-refractivity contribution is 0.0924. The van der Waals surface area contributed by atoms with E-state index in [9.17, 15) is 5.11 Å². The molecule has 1 aliphatic heterocycles. The largest absolute Gasteiger partial charge is 0.395 e. The Labute approximate surface area is 134 Å². The number of aliphatic hydroxyl groups excluding tert-OH is 2. The van der Waals surface area contributed by atoms with E-state index in [4.69, 9.17) is 5.11 Å². The second-order valence-corrected chi connectivity index (χ2v) is 6.53. The molecule has 0 radical (unpaired) electrons. The van der Waals surface area contributed by atoms with Crippen LogP contribution in [-0.4, -0.2) is 65.9 Å². The molecule has 0 spiro atoms. The molecular weight excluding hydrogens is 276 g/mol. The first-order valence-corrected chi connectivity index (χ1v) is 8.43. The lowest BCUT2D eigenvalue weighted by atomic mass is 9.99. The molecule has 1 saturated heterocycles. The van der Waals surface area contributed by atoms with E-state index in [-0.39, 0.29) is 12.7 Å². The van der Waals surface area contributed by atoms with Gasteiger partial charge in [0.15, 0.2) is 0 Å². The molecule has 1 aromatic rings. The van der Waals surface area contributed by atoms with E-state index in [2.05, 4.69) is 47.9 Å². The van der Waals surface area contributed by atoms with E-state index in [0.717, 1.165) is 51.3 Å². The normalized spacial score (nSPS) is 18.8. The highest BCUT2D eigenvalue weighted by molar-refractivity contribution is 5.26. The topological polar surface area (TPSA) is 46.9 Å². The average Bonchev–Trinajstić information content (AvgIpc) is 2.54. The van der Waals surface area contributed by atoms with Gasteiger partial charge < -0.3 is 15.1 Å². The molecule has 124 valence electrons. The van der Waals surface area contributed by atoms with Gasteiger partial charge in [-0.05, 0) is 23.5 Å². The van der Waals surface area contributed by atoms with Gasteiger partial charge in [-0.1, -0.05) is 38.1 Å². The zero-order valence-electron chi connectivity index (χ0n) is 13.9. The van der Waals surface area contributed by atoms with Gasteiger partial charge in [0.05, 0.1) is 12.7 Å². The Balaban J connectivity index is 1.74. The molecule has 1 atom stereocenters. The van der Waals surface area contributed by atoms with Gasteiger partial charge in [-0.15, -0.1) is 0 Å². The van der Waals surface area contributed by atoms with Gasteiger partial charge in [0.25, 0.3) is 0 Å². The number of benzene rings is 1. The first-order chi connectivity index (χ1) is 10.6. The highest BCUT2D eigenvalue weighted by Gasteiger charge is 2.17. The SMILES string of the molecule is CC(C)c1ccc(C(O)CCN2CCN(CCO)CC2)cc1. The van der Waals surface area contributed by atoms with Gasteiger partial charge >= 0.3 is 0 Å². The van der Waals surface area contributed by atoms with Crippen molar-refractivity contribution in [3.63, 3.8) is 0 Å². The van der Waals surface area contributed by atoms with Crippen molar-refractivity contribution < 1.29 is 10.2 Å². The van der Waals surface area contributed by atoms with Crippen molar-refractivity contribution in [3.05, 3.63) is 35.4 Å². The average molecular weight is 306 g/mol. The molecule has 1 aromatic carbocycles. The van der Waals surface area contributed by atoms with Crippen molar-refractivity contribution in [3.8, 4) is 0 Å². The molecule has 1 heterocycles. The zero-order chi connectivity index (χ0) is 15.9. The van der Waals surface area contributed by atoms with Crippen molar-refractivity contribution in [2.45, 2.75) is 32.3 Å². The summed E-state index contributed by atoms with van der Waals surface area (Å²) in [6, 6.07) is 8.35. The fraction of sp³-hybridized carbons (Fsp3) is 0.667. The fourth-order valence-electron chi connectivity index (χ4n) is 2.95. The Bertz CT molecular complexity index is 425. The maximum absolute atomic E-state index is 10.3. The molecule has 0 saturated carbocycles. The van der Waals surface area contributed by atoms with Crippen molar-refractivity contribution in [1.29, 1.82) is 0 Å². The van der Waals surface area contributed by atoms with Crippen molar-refractivity contribution in [1.82, 2.24) is 9.80 Å². The van der Waals surface area contributed by atoms with Crippen LogP contribution in [0.15, 0.2) is 24.3 Å². The number of nitrogens with zero attached hydrogens (tertiary/aromatic N) is 2. The third kappa shape index (κ3) is 5.06. The first-order valence-electron chi connectivity index (χ1n) is 8.43. The van der Waals surface area contributed by atoms with E-state index in [1.165, 1.54) is 5.56 Å². The molecule has 1 aliphatic rings. The third-order valence-corrected chi connectivity index (χ3v) is 4.59. The van der Waals surface area contributed by atoms with Gasteiger partial charge in [0.2, 0.25) is 0 Å². The van der Waals surface area contributed by atoms with E-state index in [1.54, 1.807) is 0 Å². The van der Waals surface area contributed by atoms with Crippen LogP contribution in [0.1, 0.15) is 43.4 Å². The molecule has 22 heavy (non-hydrogen) atoms. The molecule has 0 aromatic heterocycles. The predicted octanol–water partition coefficient (Wildman–Crippen LogP) is 1.84. The molecule has 4 nitrogen and oxygen atoms in total. The predicted molar refractivity (Wildman–Crippen MR) is 90.1 cm³/mol. The Morgan fingerprint density at radius 3 is 1.91 bits per heavy atom. The molecule has 0 bridgehead atoms. The van der Waals surface area contributed by atoms with Gasteiger partial charge in [-0.2, -0.15) is 0 Å². The maximum atomic E-state index is 10.3. The highest BCUT2D eigenvalue weighted by atomic mass is 16.3. The minimum absolute atomic E-state index is 0.241. The van der Waals surface area contributed by atoms with Crippen LogP contribution in [0, 0.1) is 0 Å². The van der Waals surface area contributed by atoms with Crippen molar-refractivity contribution in [2.24, 2.45) is 0 Å². The summed E-state index contributed by atoms with van der Waals surface area (Å²) in [5.41, 5.74) is 2.33. The van der Waals surface area contributed by atoms with Crippen LogP contribution < -0.4 is 0 Å². The Hall–Kier alpha value is -0.940. The molecule has 4 heteroatoms. The third-order valence-electron chi connectivity index (χ3n) is 4.59. The number of hydrogen-bond donors (Lipinski definition) is 2. The molecular formula is C18H30N2O2. The summed E-state index contributed by atoms with van der Waals surface area (Å²) in [4.78, 5) is 4.69. The highest BCUT2D eigenvalue weighted by Crippen LogP contribution is 2.21. The number of β-amino-alcohol motifs (C(OH)–C–C–N with tert-alkyl or cyclic N) is 1. The van der Waals surface area contributed by atoms with E-state index < -0.39 is 0 Å². The molecule has 0 amide bonds. The number of rotatable bonds is 7. The van der Waals surface area contributed by atoms with Gasteiger partial charge in [-0.3, -0.25) is 4.90 Å². The van der Waals surface area contributed by atoms with Gasteiger partial charge in [-0.25, -0.2) is 0 Å². The smallest absolute Gasteiger partial charge is 0.0802 e. The maximum Gasteiger partial charge on any atom is 0.0802 e. The van der Waals surface area contributed by atoms with Crippen LogP contribution >= 0.6 is 0 Å². The van der Waals surface area contributed by atoms with Crippen molar-refractivity contribution in [2.75, 3.05) is 45.9 Å². The van der Waals surface area contributed by atoms with Crippen LogP contribution in [0.25, 0.3) is 0 Å². The fourth-order valence-corrected chi connectivity index (χ4v) is 2.95. The summed E-state index contributed by atoms with van der Waals surface area (Å²) < 4.78 is 0. The molecule has 1 fully saturated rings. The zero-order valence-corrected chi connectivity index (χ0v) is 13.9. The minimum atomic E-state index is -0.378. The molecule has 0 aliphatic carbocycles. The Morgan fingerprint density at radius 2 is 1.41 bits per heavy atom. The van der Waals surface area contributed by atoms with Crippen LogP contribution in [0.2, 0.25) is 0 Å². The lowest BCUT2D eigenvalue weighted by Crippen LogP contribution is -2.47. The van der Waals surface area contributed by atoms with Crippen molar-refractivity contribution >= 4 is 0 Å². The van der Waals surface area contributed by atoms with Crippen LogP contribution in [0.3, 0.4) is 0 Å². The number of piperazine rings is 1. The summed E-state index contributed by atoms with van der Waals surface area (Å²) >= 11 is 0. The first kappa shape index (κ1) is 17.4. The summed E-state index contributed by atoms with van der Waals surface area (Å²) in [7, 11) is 0. The number of hydrogen-bond acceptors (Lipinski definition) is 4. The molecule has 2 rings (SSSR count). The number of aliphatic hydroxyl groups is 2. The standard InChI is InChI=1S/C18H30N2O2/c1-15(2)16-3-5-17(6-4-16)18(22)7-8-19-9-11-20(12-10-19)13-14-21/h3-6,15,18,21-22H,7-14H2,1-2H3. The molecule has 1 unspecified atom stereocenters. The van der Waals surface area contributed by atoms with Crippen LogP contribution in [0.5, 0.6) is 0 Å². The summed E-state index contributed by atoms with van der Waals surface area (Å²) in [6.45, 7) is 10.4. The van der Waals surface area contributed by atoms with Crippen LogP contribution in [-0.2, 0) is 0 Å². The monoisotopic (exact) mass is 306 g/mol. The molecule has 2 N–H and O–H groups in total. The van der Waals surface area contributed by atoms with Gasteiger partial charge in [0.1, 0.15) is 0 Å². The van der Waals surface area contributed by atoms with Crippen LogP contribution in [0.4, 0.5) is 0 Å². The van der Waals surface area contributed by atoms with E-state index in [1.807, 2.05) is 0 Å². The Kier molecular flexibility index (Phi) is 6.83.